The summed E-state index contributed by atoms with van der Waals surface area (Å²) in [6.07, 6.45) is 46.8. The minimum atomic E-state index is -1.00. The molecule has 0 aliphatic rings. The van der Waals surface area contributed by atoms with E-state index in [1.807, 2.05) is 0 Å². The van der Waals surface area contributed by atoms with Gasteiger partial charge in [-0.1, -0.05) is 199 Å². The van der Waals surface area contributed by atoms with Gasteiger partial charge in [-0.2, -0.15) is 0 Å². The zero-order valence-electron chi connectivity index (χ0n) is 31.2. The topological polar surface area (TPSA) is 63.6 Å². The summed E-state index contributed by atoms with van der Waals surface area (Å²) in [7, 11) is 0. The first kappa shape index (κ1) is 44.7. The van der Waals surface area contributed by atoms with Crippen LogP contribution >= 0.6 is 0 Å². The van der Waals surface area contributed by atoms with Crippen molar-refractivity contribution in [3.63, 3.8) is 0 Å². The number of aliphatic carboxylic acids is 1. The Labute approximate surface area is 287 Å². The lowest BCUT2D eigenvalue weighted by Gasteiger charge is -2.13. The lowest BCUT2D eigenvalue weighted by molar-refractivity contribution is -0.164. The number of hydrogen-bond donors (Lipinski definition) is 1. The minimum Gasteiger partial charge on any atom is -0.479 e. The molecule has 1 atom stereocenters. The van der Waals surface area contributed by atoms with Crippen LogP contribution in [0.2, 0.25) is 0 Å². The van der Waals surface area contributed by atoms with Crippen molar-refractivity contribution in [2.75, 3.05) is 0 Å². The van der Waals surface area contributed by atoms with Crippen LogP contribution in [0, 0.1) is 0 Å². The second kappa shape index (κ2) is 38.1. The zero-order chi connectivity index (χ0) is 33.6. The number of carboxylic acids is 1. The third-order valence-corrected chi connectivity index (χ3v) is 9.51. The van der Waals surface area contributed by atoms with Gasteiger partial charge in [0, 0.05) is 6.42 Å². The molecule has 0 rings (SSSR count). The first-order valence-electron chi connectivity index (χ1n) is 20.7. The molecule has 0 heterocycles. The molecule has 0 saturated heterocycles. The largest absolute Gasteiger partial charge is 0.479 e. The van der Waals surface area contributed by atoms with Gasteiger partial charge in [0.2, 0.25) is 0 Å². The maximum atomic E-state index is 12.2. The number of carboxylic acid groups (broad SMARTS) is 1. The second-order valence-corrected chi connectivity index (χ2v) is 14.2. The SMILES string of the molecule is CCCCCCCC/C=C\CCCCCCCC(=O)OC(CCCCCCCCCCCCCCCCCCCCCC)C(=O)O. The Kier molecular flexibility index (Phi) is 37.0. The predicted molar refractivity (Wildman–Crippen MR) is 200 cm³/mol. The molecule has 0 bridgehead atoms. The Morgan fingerprint density at radius 3 is 1.11 bits per heavy atom. The molecule has 0 aromatic carbocycles. The molecule has 0 amide bonds. The third-order valence-electron chi connectivity index (χ3n) is 9.51. The molecule has 0 radical (unpaired) electrons. The number of carbonyl (C=O) groups is 2. The third kappa shape index (κ3) is 35.5. The molecule has 4 nitrogen and oxygen atoms in total. The van der Waals surface area contributed by atoms with Crippen molar-refractivity contribution < 1.29 is 19.4 Å². The average molecular weight is 649 g/mol. The van der Waals surface area contributed by atoms with E-state index in [2.05, 4.69) is 26.0 Å². The summed E-state index contributed by atoms with van der Waals surface area (Å²) in [5, 5.41) is 9.50. The number of unbranched alkanes of at least 4 members (excludes halogenated alkanes) is 30. The van der Waals surface area contributed by atoms with E-state index in [-0.39, 0.29) is 5.97 Å². The molecular weight excluding hydrogens is 568 g/mol. The quantitative estimate of drug-likeness (QED) is 0.0411. The summed E-state index contributed by atoms with van der Waals surface area (Å²) in [6, 6.07) is 0. The van der Waals surface area contributed by atoms with Gasteiger partial charge in [-0.15, -0.1) is 0 Å². The van der Waals surface area contributed by atoms with Crippen molar-refractivity contribution in [2.24, 2.45) is 0 Å². The molecule has 1 N–H and O–H groups in total. The summed E-state index contributed by atoms with van der Waals surface area (Å²) >= 11 is 0. The highest BCUT2D eigenvalue weighted by atomic mass is 16.6. The van der Waals surface area contributed by atoms with Gasteiger partial charge >= 0.3 is 11.9 Å². The van der Waals surface area contributed by atoms with Crippen LogP contribution in [-0.4, -0.2) is 23.1 Å². The highest BCUT2D eigenvalue weighted by molar-refractivity contribution is 5.77. The van der Waals surface area contributed by atoms with E-state index in [0.717, 1.165) is 44.9 Å². The van der Waals surface area contributed by atoms with Gasteiger partial charge < -0.3 is 9.84 Å². The van der Waals surface area contributed by atoms with Crippen LogP contribution < -0.4 is 0 Å². The Hall–Kier alpha value is -1.32. The fourth-order valence-electron chi connectivity index (χ4n) is 6.38. The Morgan fingerprint density at radius 2 is 0.761 bits per heavy atom. The van der Waals surface area contributed by atoms with Crippen LogP contribution in [0.15, 0.2) is 12.2 Å². The summed E-state index contributed by atoms with van der Waals surface area (Å²) in [5.74, 6) is -1.35. The van der Waals surface area contributed by atoms with E-state index >= 15 is 0 Å². The lowest BCUT2D eigenvalue weighted by Crippen LogP contribution is -2.27. The van der Waals surface area contributed by atoms with Crippen molar-refractivity contribution in [1.29, 1.82) is 0 Å². The van der Waals surface area contributed by atoms with Gasteiger partial charge in [-0.3, -0.25) is 4.79 Å². The van der Waals surface area contributed by atoms with E-state index in [9.17, 15) is 14.7 Å². The van der Waals surface area contributed by atoms with Crippen molar-refractivity contribution in [3.05, 3.63) is 12.2 Å². The van der Waals surface area contributed by atoms with Gasteiger partial charge in [-0.25, -0.2) is 4.79 Å². The van der Waals surface area contributed by atoms with E-state index in [1.165, 1.54) is 167 Å². The Bertz CT molecular complexity index is 658. The summed E-state index contributed by atoms with van der Waals surface area (Å²) in [6.45, 7) is 4.55. The lowest BCUT2D eigenvalue weighted by atomic mass is 10.0. The zero-order valence-corrected chi connectivity index (χ0v) is 31.2. The molecule has 46 heavy (non-hydrogen) atoms. The number of ether oxygens (including phenoxy) is 1. The molecule has 0 aromatic heterocycles. The van der Waals surface area contributed by atoms with Gasteiger partial charge in [0.1, 0.15) is 0 Å². The molecule has 0 fully saturated rings. The fourth-order valence-corrected chi connectivity index (χ4v) is 6.38. The second-order valence-electron chi connectivity index (χ2n) is 14.2. The summed E-state index contributed by atoms with van der Waals surface area (Å²) < 4.78 is 5.32. The van der Waals surface area contributed by atoms with Crippen LogP contribution in [0.1, 0.15) is 239 Å². The molecule has 0 aromatic rings. The number of esters is 1. The maximum absolute atomic E-state index is 12.2. The van der Waals surface area contributed by atoms with Gasteiger partial charge in [0.15, 0.2) is 6.10 Å². The Balaban J connectivity index is 3.50. The van der Waals surface area contributed by atoms with Crippen molar-refractivity contribution in [1.82, 2.24) is 0 Å². The van der Waals surface area contributed by atoms with Crippen LogP contribution in [-0.2, 0) is 14.3 Å². The molecule has 0 spiro atoms. The highest BCUT2D eigenvalue weighted by Gasteiger charge is 2.21. The molecule has 0 aliphatic heterocycles. The van der Waals surface area contributed by atoms with Gasteiger partial charge in [0.05, 0.1) is 0 Å². The van der Waals surface area contributed by atoms with Crippen molar-refractivity contribution in [3.8, 4) is 0 Å². The first-order valence-corrected chi connectivity index (χ1v) is 20.7. The number of carbonyl (C=O) groups excluding carboxylic acids is 1. The molecular formula is C42H80O4. The molecule has 1 unspecified atom stereocenters. The number of rotatable bonds is 38. The van der Waals surface area contributed by atoms with Crippen molar-refractivity contribution in [2.45, 2.75) is 245 Å². The normalized spacial score (nSPS) is 12.2. The van der Waals surface area contributed by atoms with Crippen LogP contribution in [0.4, 0.5) is 0 Å². The van der Waals surface area contributed by atoms with Gasteiger partial charge in [-0.05, 0) is 44.9 Å². The molecule has 0 saturated carbocycles. The standard InChI is InChI=1S/C42H80O4/c1-3-5-7-9-11-13-15-17-19-20-21-22-23-25-26-28-30-32-34-36-38-40(42(44)45)46-41(43)39-37-35-33-31-29-27-24-18-16-14-12-10-8-6-4-2/h18,24,40H,3-17,19-23,25-39H2,1-2H3,(H,44,45)/b24-18-. The predicted octanol–water partition coefficient (Wildman–Crippen LogP) is 14.2. The fraction of sp³-hybridized carbons (Fsp3) is 0.905. The van der Waals surface area contributed by atoms with E-state index in [1.54, 1.807) is 0 Å². The monoisotopic (exact) mass is 649 g/mol. The summed E-state index contributed by atoms with van der Waals surface area (Å²) in [4.78, 5) is 23.8. The average Bonchev–Trinajstić information content (AvgIpc) is 3.05. The summed E-state index contributed by atoms with van der Waals surface area (Å²) in [5.41, 5.74) is 0. The maximum Gasteiger partial charge on any atom is 0.345 e. The van der Waals surface area contributed by atoms with Crippen LogP contribution in [0.3, 0.4) is 0 Å². The number of hydrogen-bond acceptors (Lipinski definition) is 3. The van der Waals surface area contributed by atoms with E-state index < -0.39 is 12.1 Å². The molecule has 4 heteroatoms. The molecule has 0 aliphatic carbocycles. The van der Waals surface area contributed by atoms with Crippen LogP contribution in [0.25, 0.3) is 0 Å². The first-order chi connectivity index (χ1) is 22.6. The van der Waals surface area contributed by atoms with Crippen LogP contribution in [0.5, 0.6) is 0 Å². The molecule has 272 valence electrons. The van der Waals surface area contributed by atoms with E-state index in [0.29, 0.717) is 12.8 Å². The Morgan fingerprint density at radius 1 is 0.457 bits per heavy atom. The highest BCUT2D eigenvalue weighted by Crippen LogP contribution is 2.17. The minimum absolute atomic E-state index is 0.335. The van der Waals surface area contributed by atoms with Gasteiger partial charge in [0.25, 0.3) is 0 Å². The van der Waals surface area contributed by atoms with E-state index in [4.69, 9.17) is 4.74 Å². The number of allylic oxidation sites excluding steroid dienone is 2. The van der Waals surface area contributed by atoms with Crippen molar-refractivity contribution >= 4 is 11.9 Å². The smallest absolute Gasteiger partial charge is 0.345 e.